The van der Waals surface area contributed by atoms with E-state index >= 15 is 0 Å². The van der Waals surface area contributed by atoms with E-state index in [1.165, 1.54) is 6.07 Å². The number of aliphatic carboxylic acids is 1. The first-order valence-electron chi connectivity index (χ1n) is 4.46. The summed E-state index contributed by atoms with van der Waals surface area (Å²) in [6.07, 6.45) is -2.34. The molecule has 1 rings (SSSR count). The minimum absolute atomic E-state index is 0.661. The molecule has 0 spiro atoms. The number of hydrogen-bond acceptors (Lipinski definition) is 4. The summed E-state index contributed by atoms with van der Waals surface area (Å²) in [5.74, 6) is -3.73. The number of carboxylic acid groups (broad SMARTS) is 1. The number of nitriles is 1. The quantitative estimate of drug-likeness (QED) is 0.855. The van der Waals surface area contributed by atoms with Gasteiger partial charge < -0.3 is 14.9 Å². The minimum Gasteiger partial charge on any atom is -0.479 e. The molecule has 0 fully saturated rings. The van der Waals surface area contributed by atoms with Gasteiger partial charge in [-0.15, -0.1) is 0 Å². The predicted octanol–water partition coefficient (Wildman–Crippen LogP) is 1.42. The first-order valence-corrected chi connectivity index (χ1v) is 4.46. The van der Waals surface area contributed by atoms with Crippen molar-refractivity contribution in [3.63, 3.8) is 0 Å². The summed E-state index contributed by atoms with van der Waals surface area (Å²) in [5.41, 5.74) is -1.70. The average Bonchev–Trinajstić information content (AvgIpc) is 2.29. The van der Waals surface area contributed by atoms with Crippen LogP contribution in [0, 0.1) is 17.1 Å². The van der Waals surface area contributed by atoms with Crippen molar-refractivity contribution in [1.29, 1.82) is 5.26 Å². The van der Waals surface area contributed by atoms with Crippen LogP contribution in [0.4, 0.5) is 13.2 Å². The molecule has 0 bridgehead atoms. The van der Waals surface area contributed by atoms with Crippen molar-refractivity contribution >= 4 is 5.97 Å². The van der Waals surface area contributed by atoms with Gasteiger partial charge in [0.05, 0.1) is 11.1 Å². The zero-order valence-corrected chi connectivity index (χ0v) is 8.60. The van der Waals surface area contributed by atoms with Crippen LogP contribution >= 0.6 is 0 Å². The molecule has 0 aliphatic heterocycles. The number of alkyl halides is 2. The first-order chi connectivity index (χ1) is 8.38. The molecule has 0 aliphatic carbocycles. The third-order valence-corrected chi connectivity index (χ3v) is 1.99. The van der Waals surface area contributed by atoms with Crippen LogP contribution in [0.5, 0.6) is 5.75 Å². The number of aliphatic hydroxyl groups is 1. The largest absolute Gasteiger partial charge is 0.479 e. The molecule has 8 heteroatoms. The van der Waals surface area contributed by atoms with Crippen LogP contribution in [-0.4, -0.2) is 22.8 Å². The Morgan fingerprint density at radius 3 is 2.50 bits per heavy atom. The van der Waals surface area contributed by atoms with Gasteiger partial charge in [-0.1, -0.05) is 0 Å². The number of aliphatic hydroxyl groups excluding tert-OH is 1. The highest BCUT2D eigenvalue weighted by Gasteiger charge is 2.27. The molecular formula is C10H6F3NO4. The zero-order chi connectivity index (χ0) is 13.9. The van der Waals surface area contributed by atoms with Crippen LogP contribution < -0.4 is 4.74 Å². The summed E-state index contributed by atoms with van der Waals surface area (Å²) in [7, 11) is 0. The van der Waals surface area contributed by atoms with Gasteiger partial charge >= 0.3 is 12.6 Å². The monoisotopic (exact) mass is 261 g/mol. The fraction of sp³-hybridized carbons (Fsp3) is 0.200. The maximum atomic E-state index is 13.2. The number of hydrogen-bond donors (Lipinski definition) is 2. The molecule has 0 radical (unpaired) electrons. The van der Waals surface area contributed by atoms with Crippen LogP contribution in [0.3, 0.4) is 0 Å². The Morgan fingerprint density at radius 2 is 2.06 bits per heavy atom. The molecule has 0 saturated heterocycles. The molecule has 0 heterocycles. The maximum absolute atomic E-state index is 13.2. The lowest BCUT2D eigenvalue weighted by atomic mass is 10.0. The van der Waals surface area contributed by atoms with E-state index in [4.69, 9.17) is 10.4 Å². The molecule has 18 heavy (non-hydrogen) atoms. The van der Waals surface area contributed by atoms with Gasteiger partial charge in [0.1, 0.15) is 17.6 Å². The standard InChI is InChI=1S/C10H6F3NO4/c11-5-1-2-6(18-10(12)13)7(4(5)3-14)8(15)9(16)17/h1-2,8,10,15H,(H,16,17). The second-order valence-corrected chi connectivity index (χ2v) is 3.07. The van der Waals surface area contributed by atoms with Gasteiger partial charge in [0.2, 0.25) is 0 Å². The number of ether oxygens (including phenoxy) is 1. The SMILES string of the molecule is N#Cc1c(F)ccc(OC(F)F)c1C(O)C(=O)O. The van der Waals surface area contributed by atoms with Crippen molar-refractivity contribution in [1.82, 2.24) is 0 Å². The van der Waals surface area contributed by atoms with Gasteiger partial charge in [0.25, 0.3) is 0 Å². The van der Waals surface area contributed by atoms with E-state index in [9.17, 15) is 23.1 Å². The summed E-state index contributed by atoms with van der Waals surface area (Å²) >= 11 is 0. The van der Waals surface area contributed by atoms with Crippen LogP contribution in [0.2, 0.25) is 0 Å². The van der Waals surface area contributed by atoms with Crippen LogP contribution in [0.25, 0.3) is 0 Å². The summed E-state index contributed by atoms with van der Waals surface area (Å²) in [4.78, 5) is 10.6. The van der Waals surface area contributed by atoms with E-state index in [-0.39, 0.29) is 0 Å². The molecule has 1 aromatic carbocycles. The summed E-state index contributed by atoms with van der Waals surface area (Å²) < 4.78 is 41.3. The van der Waals surface area contributed by atoms with Gasteiger partial charge in [-0.05, 0) is 12.1 Å². The summed E-state index contributed by atoms with van der Waals surface area (Å²) in [6, 6.07) is 2.66. The summed E-state index contributed by atoms with van der Waals surface area (Å²) in [5, 5.41) is 26.5. The highest BCUT2D eigenvalue weighted by Crippen LogP contribution is 2.31. The number of carbonyl (C=O) groups is 1. The molecule has 5 nitrogen and oxygen atoms in total. The fourth-order valence-electron chi connectivity index (χ4n) is 1.28. The average molecular weight is 261 g/mol. The first kappa shape index (κ1) is 13.8. The number of rotatable bonds is 4. The Balaban J connectivity index is 3.44. The van der Waals surface area contributed by atoms with Crippen molar-refractivity contribution in [2.45, 2.75) is 12.7 Å². The summed E-state index contributed by atoms with van der Waals surface area (Å²) in [6.45, 7) is -3.30. The number of benzene rings is 1. The topological polar surface area (TPSA) is 90.5 Å². The lowest BCUT2D eigenvalue weighted by Crippen LogP contribution is -2.16. The Kier molecular flexibility index (Phi) is 4.12. The second kappa shape index (κ2) is 5.37. The van der Waals surface area contributed by atoms with Crippen molar-refractivity contribution in [2.24, 2.45) is 0 Å². The molecule has 0 saturated carbocycles. The molecule has 1 unspecified atom stereocenters. The maximum Gasteiger partial charge on any atom is 0.387 e. The van der Waals surface area contributed by atoms with E-state index in [0.717, 1.165) is 0 Å². The molecule has 96 valence electrons. The van der Waals surface area contributed by atoms with Gasteiger partial charge in [-0.3, -0.25) is 0 Å². The number of carboxylic acids is 1. The van der Waals surface area contributed by atoms with Gasteiger partial charge in [-0.2, -0.15) is 14.0 Å². The Morgan fingerprint density at radius 1 is 1.44 bits per heavy atom. The van der Waals surface area contributed by atoms with E-state index in [2.05, 4.69) is 4.74 Å². The van der Waals surface area contributed by atoms with Gasteiger partial charge in [-0.25, -0.2) is 9.18 Å². The van der Waals surface area contributed by atoms with Gasteiger partial charge in [0.15, 0.2) is 6.10 Å². The van der Waals surface area contributed by atoms with Crippen molar-refractivity contribution in [3.05, 3.63) is 29.1 Å². The Labute approximate surface area is 98.6 Å². The molecule has 0 aromatic heterocycles. The highest BCUT2D eigenvalue weighted by molar-refractivity contribution is 5.76. The highest BCUT2D eigenvalue weighted by atomic mass is 19.3. The van der Waals surface area contributed by atoms with E-state index < -0.39 is 41.4 Å². The number of nitrogens with zero attached hydrogens (tertiary/aromatic N) is 1. The van der Waals surface area contributed by atoms with Crippen molar-refractivity contribution < 1.29 is 32.9 Å². The predicted molar refractivity (Wildman–Crippen MR) is 50.3 cm³/mol. The lowest BCUT2D eigenvalue weighted by molar-refractivity contribution is -0.147. The second-order valence-electron chi connectivity index (χ2n) is 3.07. The van der Waals surface area contributed by atoms with Crippen molar-refractivity contribution in [3.8, 4) is 11.8 Å². The molecule has 1 aromatic rings. The van der Waals surface area contributed by atoms with Crippen LogP contribution in [0.1, 0.15) is 17.2 Å². The Hall–Kier alpha value is -2.27. The van der Waals surface area contributed by atoms with Crippen LogP contribution in [0.15, 0.2) is 12.1 Å². The smallest absolute Gasteiger partial charge is 0.387 e. The minimum atomic E-state index is -3.30. The lowest BCUT2D eigenvalue weighted by Gasteiger charge is -2.14. The van der Waals surface area contributed by atoms with E-state index in [1.54, 1.807) is 0 Å². The molecule has 1 atom stereocenters. The van der Waals surface area contributed by atoms with Gasteiger partial charge in [0, 0.05) is 0 Å². The molecule has 2 N–H and O–H groups in total. The van der Waals surface area contributed by atoms with E-state index in [1.807, 2.05) is 0 Å². The third-order valence-electron chi connectivity index (χ3n) is 1.99. The zero-order valence-electron chi connectivity index (χ0n) is 8.60. The van der Waals surface area contributed by atoms with Crippen LogP contribution in [-0.2, 0) is 4.79 Å². The molecule has 0 aliphatic rings. The third kappa shape index (κ3) is 2.70. The fourth-order valence-corrected chi connectivity index (χ4v) is 1.28. The number of halogens is 3. The Bertz CT molecular complexity index is 513. The molecule has 0 amide bonds. The molecular weight excluding hydrogens is 255 g/mol. The normalized spacial score (nSPS) is 12.0. The van der Waals surface area contributed by atoms with E-state index in [0.29, 0.717) is 12.1 Å². The van der Waals surface area contributed by atoms with Crippen molar-refractivity contribution in [2.75, 3.05) is 0 Å².